The summed E-state index contributed by atoms with van der Waals surface area (Å²) in [7, 11) is 3.90. The van der Waals surface area contributed by atoms with Gasteiger partial charge < -0.3 is 9.64 Å². The van der Waals surface area contributed by atoms with Crippen molar-refractivity contribution in [3.63, 3.8) is 0 Å². The highest BCUT2D eigenvalue weighted by atomic mass is 32.1. The van der Waals surface area contributed by atoms with Gasteiger partial charge in [-0.3, -0.25) is 0 Å². The van der Waals surface area contributed by atoms with Crippen LogP contribution in [0.3, 0.4) is 0 Å². The van der Waals surface area contributed by atoms with Crippen LogP contribution in [0.25, 0.3) is 0 Å². The molecule has 0 saturated carbocycles. The first kappa shape index (κ1) is 13.3. The van der Waals surface area contributed by atoms with E-state index in [0.29, 0.717) is 0 Å². The first-order valence-electron chi connectivity index (χ1n) is 5.09. The fourth-order valence-electron chi connectivity index (χ4n) is 1.21. The summed E-state index contributed by atoms with van der Waals surface area (Å²) in [6, 6.07) is 0. The summed E-state index contributed by atoms with van der Waals surface area (Å²) < 4.78 is 5.01. The van der Waals surface area contributed by atoms with Gasteiger partial charge >= 0.3 is 0 Å². The van der Waals surface area contributed by atoms with Crippen LogP contribution >= 0.6 is 12.6 Å². The first-order valence-corrected chi connectivity index (χ1v) is 5.73. The Kier molecular flexibility index (Phi) is 10.6. The van der Waals surface area contributed by atoms with Crippen LogP contribution in [-0.2, 0) is 4.74 Å². The van der Waals surface area contributed by atoms with Crippen LogP contribution in [0, 0.1) is 0 Å². The van der Waals surface area contributed by atoms with Gasteiger partial charge in [-0.25, -0.2) is 0 Å². The minimum absolute atomic E-state index is 0.840. The summed E-state index contributed by atoms with van der Waals surface area (Å²) in [4.78, 5) is 2.32. The van der Waals surface area contributed by atoms with Crippen molar-refractivity contribution < 1.29 is 4.74 Å². The summed E-state index contributed by atoms with van der Waals surface area (Å²) in [6.07, 6.45) is 5.21. The van der Waals surface area contributed by atoms with Gasteiger partial charge in [0.25, 0.3) is 0 Å². The maximum Gasteiger partial charge on any atom is 0.0589 e. The van der Waals surface area contributed by atoms with Crippen molar-refractivity contribution >= 4 is 12.6 Å². The normalized spacial score (nSPS) is 11.1. The third-order valence-corrected chi connectivity index (χ3v) is 2.44. The lowest BCUT2D eigenvalue weighted by molar-refractivity contribution is 0.160. The second-order valence-electron chi connectivity index (χ2n) is 3.43. The first-order chi connectivity index (χ1) is 6.31. The van der Waals surface area contributed by atoms with Crippen molar-refractivity contribution in [1.82, 2.24) is 4.90 Å². The van der Waals surface area contributed by atoms with Crippen LogP contribution in [0.1, 0.15) is 25.7 Å². The molecule has 0 amide bonds. The molecule has 13 heavy (non-hydrogen) atoms. The second-order valence-corrected chi connectivity index (χ2v) is 3.88. The molecule has 0 aromatic heterocycles. The molecule has 0 aliphatic heterocycles. The summed E-state index contributed by atoms with van der Waals surface area (Å²) in [5.41, 5.74) is 0. The maximum atomic E-state index is 5.01. The number of ether oxygens (including phenoxy) is 1. The van der Waals surface area contributed by atoms with Crippen LogP contribution in [0.15, 0.2) is 0 Å². The third-order valence-electron chi connectivity index (χ3n) is 2.13. The van der Waals surface area contributed by atoms with Crippen LogP contribution in [0.4, 0.5) is 0 Å². The average Bonchev–Trinajstić information content (AvgIpc) is 2.14. The Morgan fingerprint density at radius 3 is 2.38 bits per heavy atom. The average molecular weight is 205 g/mol. The Balaban J connectivity index is 3.03. The number of hydrogen-bond acceptors (Lipinski definition) is 3. The molecular formula is C10H23NOS. The molecule has 0 aromatic carbocycles. The maximum absolute atomic E-state index is 5.01. The van der Waals surface area contributed by atoms with E-state index in [0.717, 1.165) is 18.9 Å². The number of nitrogens with zero attached hydrogens (tertiary/aromatic N) is 1. The van der Waals surface area contributed by atoms with Crippen molar-refractivity contribution in [1.29, 1.82) is 0 Å². The summed E-state index contributed by atoms with van der Waals surface area (Å²) in [5, 5.41) is 0. The van der Waals surface area contributed by atoms with Crippen molar-refractivity contribution in [2.24, 2.45) is 0 Å². The van der Waals surface area contributed by atoms with Gasteiger partial charge in [-0.05, 0) is 32.2 Å². The molecule has 0 radical (unpaired) electrons. The predicted molar refractivity (Wildman–Crippen MR) is 61.7 cm³/mol. The molecule has 3 heteroatoms. The summed E-state index contributed by atoms with van der Waals surface area (Å²) >= 11 is 4.18. The Morgan fingerprint density at radius 1 is 1.08 bits per heavy atom. The summed E-state index contributed by atoms with van der Waals surface area (Å²) in [6.45, 7) is 3.08. The minimum Gasteiger partial charge on any atom is -0.383 e. The molecule has 0 rings (SSSR count). The van der Waals surface area contributed by atoms with E-state index in [4.69, 9.17) is 4.74 Å². The zero-order chi connectivity index (χ0) is 9.94. The molecule has 80 valence electrons. The van der Waals surface area contributed by atoms with E-state index >= 15 is 0 Å². The molecule has 0 saturated heterocycles. The molecule has 2 nitrogen and oxygen atoms in total. The van der Waals surface area contributed by atoms with Gasteiger partial charge in [-0.2, -0.15) is 12.6 Å². The standard InChI is InChI=1S/C10H23NOS/c1-11(8-9-12-2)7-5-3-4-6-10-13/h13H,3-10H2,1-2H3. The number of likely N-dealkylation sites (N-methyl/N-ethyl adjacent to an activating group) is 1. The second kappa shape index (κ2) is 10.4. The van der Waals surface area contributed by atoms with Gasteiger partial charge in [-0.1, -0.05) is 12.8 Å². The lowest BCUT2D eigenvalue weighted by Crippen LogP contribution is -2.23. The van der Waals surface area contributed by atoms with Gasteiger partial charge in [-0.15, -0.1) is 0 Å². The molecule has 0 fully saturated rings. The van der Waals surface area contributed by atoms with E-state index in [1.807, 2.05) is 0 Å². The Hall–Kier alpha value is 0.270. The number of unbranched alkanes of at least 4 members (excludes halogenated alkanes) is 3. The van der Waals surface area contributed by atoms with E-state index in [-0.39, 0.29) is 0 Å². The monoisotopic (exact) mass is 205 g/mol. The number of methoxy groups -OCH3 is 1. The van der Waals surface area contributed by atoms with Crippen molar-refractivity contribution in [3.05, 3.63) is 0 Å². The number of rotatable bonds is 9. The fraction of sp³-hybridized carbons (Fsp3) is 1.00. The van der Waals surface area contributed by atoms with E-state index in [2.05, 4.69) is 24.6 Å². The Labute approximate surface area is 88.1 Å². The van der Waals surface area contributed by atoms with Crippen LogP contribution in [-0.4, -0.2) is 44.5 Å². The van der Waals surface area contributed by atoms with Crippen LogP contribution < -0.4 is 0 Å². The van der Waals surface area contributed by atoms with Crippen molar-refractivity contribution in [2.75, 3.05) is 39.6 Å². The van der Waals surface area contributed by atoms with E-state index in [1.54, 1.807) is 7.11 Å². The topological polar surface area (TPSA) is 12.5 Å². The minimum atomic E-state index is 0.840. The molecule has 0 atom stereocenters. The van der Waals surface area contributed by atoms with E-state index in [9.17, 15) is 0 Å². The molecule has 0 N–H and O–H groups in total. The predicted octanol–water partition coefficient (Wildman–Crippen LogP) is 2.05. The van der Waals surface area contributed by atoms with Gasteiger partial charge in [0, 0.05) is 13.7 Å². The van der Waals surface area contributed by atoms with E-state index < -0.39 is 0 Å². The zero-order valence-electron chi connectivity index (χ0n) is 8.96. The highest BCUT2D eigenvalue weighted by molar-refractivity contribution is 7.80. The third kappa shape index (κ3) is 10.2. The highest BCUT2D eigenvalue weighted by Gasteiger charge is 1.96. The zero-order valence-corrected chi connectivity index (χ0v) is 9.85. The number of thiol groups is 1. The van der Waals surface area contributed by atoms with Gasteiger partial charge in [0.15, 0.2) is 0 Å². The molecule has 0 aliphatic rings. The Bertz CT molecular complexity index is 101. The summed E-state index contributed by atoms with van der Waals surface area (Å²) in [5.74, 6) is 1.03. The quantitative estimate of drug-likeness (QED) is 0.457. The van der Waals surface area contributed by atoms with Crippen molar-refractivity contribution in [2.45, 2.75) is 25.7 Å². The van der Waals surface area contributed by atoms with Crippen molar-refractivity contribution in [3.8, 4) is 0 Å². The van der Waals surface area contributed by atoms with Gasteiger partial charge in [0.2, 0.25) is 0 Å². The SMILES string of the molecule is COCCN(C)CCCCCCS. The molecular weight excluding hydrogens is 182 g/mol. The van der Waals surface area contributed by atoms with E-state index in [1.165, 1.54) is 32.2 Å². The molecule has 0 spiro atoms. The number of hydrogen-bond donors (Lipinski definition) is 1. The lowest BCUT2D eigenvalue weighted by Gasteiger charge is -2.15. The molecule has 0 aromatic rings. The fourth-order valence-corrected chi connectivity index (χ4v) is 1.43. The van der Waals surface area contributed by atoms with Gasteiger partial charge in [0.05, 0.1) is 6.61 Å². The van der Waals surface area contributed by atoms with Crippen LogP contribution in [0.2, 0.25) is 0 Å². The smallest absolute Gasteiger partial charge is 0.0589 e. The largest absolute Gasteiger partial charge is 0.383 e. The van der Waals surface area contributed by atoms with Gasteiger partial charge in [0.1, 0.15) is 0 Å². The Morgan fingerprint density at radius 2 is 1.77 bits per heavy atom. The lowest BCUT2D eigenvalue weighted by atomic mass is 10.2. The molecule has 0 aliphatic carbocycles. The molecule has 0 unspecified atom stereocenters. The molecule has 0 bridgehead atoms. The highest BCUT2D eigenvalue weighted by Crippen LogP contribution is 2.01. The molecule has 0 heterocycles. The van der Waals surface area contributed by atoms with Crippen LogP contribution in [0.5, 0.6) is 0 Å².